The molecule has 174 valence electrons. The fraction of sp³-hybridized carbons (Fsp3) is 0.560. The van der Waals surface area contributed by atoms with Crippen LogP contribution in [0.25, 0.3) is 0 Å². The number of aliphatic hydroxyl groups is 1. The molecule has 6 atom stereocenters. The lowest BCUT2D eigenvalue weighted by molar-refractivity contribution is -0.155. The van der Waals surface area contributed by atoms with E-state index in [1.807, 2.05) is 56.3 Å². The molecule has 0 aromatic heterocycles. The number of carbonyl (C=O) groups excluding carboxylic acids is 3. The first-order valence-corrected chi connectivity index (χ1v) is 11.6. The summed E-state index contributed by atoms with van der Waals surface area (Å²) in [6.07, 6.45) is 5.57. The van der Waals surface area contributed by atoms with Gasteiger partial charge in [0.15, 0.2) is 0 Å². The minimum atomic E-state index is -0.803. The number of aliphatic hydroxyl groups excluding tert-OH is 1. The Morgan fingerprint density at radius 2 is 1.91 bits per heavy atom. The van der Waals surface area contributed by atoms with Crippen LogP contribution >= 0.6 is 0 Å². The van der Waals surface area contributed by atoms with Gasteiger partial charge in [0.2, 0.25) is 11.8 Å². The predicted molar refractivity (Wildman–Crippen MR) is 120 cm³/mol. The first-order valence-electron chi connectivity index (χ1n) is 11.6. The molecule has 2 N–H and O–H groups in total. The SMILES string of the molecule is CCCCNC(=O)[C@@H]1[C@H]2C=C[C@@H](C)[C@@H](C(=O)OCC)[C@@H]2C(=O)N1[C@H](CO)c1ccccc1. The highest BCUT2D eigenvalue weighted by Gasteiger charge is 2.58. The summed E-state index contributed by atoms with van der Waals surface area (Å²) in [5.41, 5.74) is 0.748. The standard InChI is InChI=1S/C25H34N2O5/c1-4-6-14-26-23(29)22-18-13-12-16(3)20(25(31)32-5-2)21(18)24(30)27(22)19(15-28)17-10-8-7-9-11-17/h7-13,16,18-22,28H,4-6,14-15H2,1-3H3,(H,26,29)/t16-,18+,19-,20-,21-,22+/m1/s1. The lowest BCUT2D eigenvalue weighted by Gasteiger charge is -2.33. The number of allylic oxidation sites excluding steroid dienone is 1. The summed E-state index contributed by atoms with van der Waals surface area (Å²) >= 11 is 0. The molecule has 0 bridgehead atoms. The Hall–Kier alpha value is -2.67. The van der Waals surface area contributed by atoms with Crippen LogP contribution in [0.4, 0.5) is 0 Å². The third-order valence-corrected chi connectivity index (χ3v) is 6.56. The van der Waals surface area contributed by atoms with Gasteiger partial charge in [-0.25, -0.2) is 0 Å². The van der Waals surface area contributed by atoms with Gasteiger partial charge in [0, 0.05) is 12.5 Å². The zero-order chi connectivity index (χ0) is 23.3. The van der Waals surface area contributed by atoms with Crippen LogP contribution in [-0.4, -0.2) is 53.6 Å². The van der Waals surface area contributed by atoms with Crippen molar-refractivity contribution in [3.8, 4) is 0 Å². The minimum Gasteiger partial charge on any atom is -0.466 e. The summed E-state index contributed by atoms with van der Waals surface area (Å²) in [4.78, 5) is 41.5. The van der Waals surface area contributed by atoms with Gasteiger partial charge in [0.1, 0.15) is 6.04 Å². The molecule has 1 fully saturated rings. The largest absolute Gasteiger partial charge is 0.466 e. The van der Waals surface area contributed by atoms with Gasteiger partial charge in [-0.1, -0.05) is 62.8 Å². The zero-order valence-electron chi connectivity index (χ0n) is 19.1. The van der Waals surface area contributed by atoms with Gasteiger partial charge in [-0.3, -0.25) is 14.4 Å². The number of nitrogens with zero attached hydrogens (tertiary/aromatic N) is 1. The summed E-state index contributed by atoms with van der Waals surface area (Å²) in [5, 5.41) is 13.2. The lowest BCUT2D eigenvalue weighted by atomic mass is 9.70. The molecular weight excluding hydrogens is 408 g/mol. The van der Waals surface area contributed by atoms with Crippen LogP contribution in [-0.2, 0) is 19.1 Å². The summed E-state index contributed by atoms with van der Waals surface area (Å²) in [6.45, 7) is 6.09. The second kappa shape index (κ2) is 10.8. The van der Waals surface area contributed by atoms with E-state index >= 15 is 0 Å². The van der Waals surface area contributed by atoms with Crippen molar-refractivity contribution in [2.75, 3.05) is 19.8 Å². The number of carbonyl (C=O) groups is 3. The van der Waals surface area contributed by atoms with Crippen molar-refractivity contribution in [1.29, 1.82) is 0 Å². The number of fused-ring (bicyclic) bond motifs is 1. The summed E-state index contributed by atoms with van der Waals surface area (Å²) in [7, 11) is 0. The normalized spacial score (nSPS) is 27.7. The average Bonchev–Trinajstić information content (AvgIpc) is 3.07. The maximum Gasteiger partial charge on any atom is 0.310 e. The van der Waals surface area contributed by atoms with Crippen molar-refractivity contribution in [3.05, 3.63) is 48.0 Å². The third-order valence-electron chi connectivity index (χ3n) is 6.56. The molecule has 0 spiro atoms. The molecule has 0 radical (unpaired) electrons. The van der Waals surface area contributed by atoms with Crippen LogP contribution in [0.5, 0.6) is 0 Å². The number of hydrogen-bond donors (Lipinski definition) is 2. The molecule has 0 unspecified atom stereocenters. The molecule has 1 saturated heterocycles. The molecule has 1 aliphatic carbocycles. The highest BCUT2D eigenvalue weighted by atomic mass is 16.5. The van der Waals surface area contributed by atoms with Gasteiger partial charge < -0.3 is 20.1 Å². The van der Waals surface area contributed by atoms with Gasteiger partial charge >= 0.3 is 5.97 Å². The molecule has 32 heavy (non-hydrogen) atoms. The smallest absolute Gasteiger partial charge is 0.310 e. The van der Waals surface area contributed by atoms with E-state index in [9.17, 15) is 19.5 Å². The second-order valence-electron chi connectivity index (χ2n) is 8.57. The zero-order valence-corrected chi connectivity index (χ0v) is 19.1. The van der Waals surface area contributed by atoms with E-state index in [0.717, 1.165) is 18.4 Å². The fourth-order valence-corrected chi connectivity index (χ4v) is 4.99. The van der Waals surface area contributed by atoms with Gasteiger partial charge in [-0.05, 0) is 24.8 Å². The van der Waals surface area contributed by atoms with E-state index < -0.39 is 35.8 Å². The molecule has 1 aliphatic heterocycles. The van der Waals surface area contributed by atoms with E-state index in [2.05, 4.69) is 5.32 Å². The first kappa shape index (κ1) is 24.0. The van der Waals surface area contributed by atoms with Crippen molar-refractivity contribution in [1.82, 2.24) is 10.2 Å². The molecule has 1 heterocycles. The molecule has 3 rings (SSSR count). The van der Waals surface area contributed by atoms with Crippen molar-refractivity contribution in [2.45, 2.75) is 45.7 Å². The van der Waals surface area contributed by atoms with E-state index in [-0.39, 0.29) is 30.9 Å². The van der Waals surface area contributed by atoms with Crippen LogP contribution in [0.2, 0.25) is 0 Å². The summed E-state index contributed by atoms with van der Waals surface area (Å²) in [5.74, 6) is -2.98. The number of amides is 2. The molecule has 2 amide bonds. The summed E-state index contributed by atoms with van der Waals surface area (Å²) in [6, 6.07) is 7.73. The maximum absolute atomic E-state index is 13.8. The highest BCUT2D eigenvalue weighted by molar-refractivity contribution is 5.96. The number of esters is 1. The van der Waals surface area contributed by atoms with Gasteiger partial charge in [-0.15, -0.1) is 0 Å². The molecule has 7 nitrogen and oxygen atoms in total. The number of benzene rings is 1. The Kier molecular flexibility index (Phi) is 8.07. The van der Waals surface area contributed by atoms with Crippen molar-refractivity contribution >= 4 is 17.8 Å². The molecule has 1 aromatic carbocycles. The van der Waals surface area contributed by atoms with Crippen molar-refractivity contribution in [3.63, 3.8) is 0 Å². The maximum atomic E-state index is 13.8. The van der Waals surface area contributed by atoms with Gasteiger partial charge in [0.25, 0.3) is 0 Å². The van der Waals surface area contributed by atoms with E-state index in [1.165, 1.54) is 4.90 Å². The van der Waals surface area contributed by atoms with E-state index in [1.54, 1.807) is 6.92 Å². The third kappa shape index (κ3) is 4.58. The molecule has 2 aliphatic rings. The Labute approximate surface area is 189 Å². The Balaban J connectivity index is 2.03. The van der Waals surface area contributed by atoms with Crippen LogP contribution in [0.15, 0.2) is 42.5 Å². The quantitative estimate of drug-likeness (QED) is 0.348. The average molecular weight is 443 g/mol. The molecular formula is C25H34N2O5. The van der Waals surface area contributed by atoms with Crippen LogP contribution < -0.4 is 5.32 Å². The highest BCUT2D eigenvalue weighted by Crippen LogP contribution is 2.47. The number of rotatable bonds is 9. The van der Waals surface area contributed by atoms with E-state index in [4.69, 9.17) is 4.74 Å². The van der Waals surface area contributed by atoms with Crippen LogP contribution in [0.1, 0.15) is 45.2 Å². The Morgan fingerprint density at radius 3 is 2.53 bits per heavy atom. The van der Waals surface area contributed by atoms with Crippen molar-refractivity contribution in [2.24, 2.45) is 23.7 Å². The molecule has 7 heteroatoms. The number of ether oxygens (including phenoxy) is 1. The van der Waals surface area contributed by atoms with Crippen LogP contribution in [0, 0.1) is 23.7 Å². The van der Waals surface area contributed by atoms with E-state index in [0.29, 0.717) is 6.54 Å². The summed E-state index contributed by atoms with van der Waals surface area (Å²) < 4.78 is 5.30. The second-order valence-corrected chi connectivity index (χ2v) is 8.57. The van der Waals surface area contributed by atoms with Crippen molar-refractivity contribution < 1.29 is 24.2 Å². The van der Waals surface area contributed by atoms with Crippen LogP contribution in [0.3, 0.4) is 0 Å². The topological polar surface area (TPSA) is 95.9 Å². The fourth-order valence-electron chi connectivity index (χ4n) is 4.99. The Bertz CT molecular complexity index is 840. The molecule has 1 aromatic rings. The van der Waals surface area contributed by atoms with Gasteiger partial charge in [-0.2, -0.15) is 0 Å². The number of hydrogen-bond acceptors (Lipinski definition) is 5. The minimum absolute atomic E-state index is 0.188. The monoisotopic (exact) mass is 442 g/mol. The lowest BCUT2D eigenvalue weighted by Crippen LogP contribution is -2.49. The van der Waals surface area contributed by atoms with Gasteiger partial charge in [0.05, 0.1) is 31.1 Å². The Morgan fingerprint density at radius 1 is 1.19 bits per heavy atom. The number of likely N-dealkylation sites (tertiary alicyclic amines) is 1. The predicted octanol–water partition coefficient (Wildman–Crippen LogP) is 2.46. The number of unbranched alkanes of at least 4 members (excludes halogenated alkanes) is 1. The number of nitrogens with one attached hydrogen (secondary N) is 1. The molecule has 0 saturated carbocycles. The first-order chi connectivity index (χ1) is 15.5.